The van der Waals surface area contributed by atoms with Gasteiger partial charge in [-0.3, -0.25) is 9.79 Å². The van der Waals surface area contributed by atoms with Crippen molar-refractivity contribution in [3.8, 4) is 5.75 Å². The maximum atomic E-state index is 12.4. The van der Waals surface area contributed by atoms with Crippen molar-refractivity contribution in [1.82, 2.24) is 15.1 Å². The number of aliphatic imine (C=N–C) groups is 1. The molecule has 1 unspecified atom stereocenters. The van der Waals surface area contributed by atoms with Crippen LogP contribution in [-0.2, 0) is 9.53 Å². The Hall–Kier alpha value is -1.26. The van der Waals surface area contributed by atoms with Crippen LogP contribution in [0.15, 0.2) is 29.3 Å². The van der Waals surface area contributed by atoms with E-state index in [4.69, 9.17) is 21.1 Å². The number of piperazine rings is 1. The molecule has 3 rings (SSSR count). The first-order valence-corrected chi connectivity index (χ1v) is 9.79. The molecule has 0 spiro atoms. The Morgan fingerprint density at radius 3 is 2.54 bits per heavy atom. The van der Waals surface area contributed by atoms with E-state index in [1.165, 1.54) is 0 Å². The molecule has 0 aromatic heterocycles. The summed E-state index contributed by atoms with van der Waals surface area (Å²) in [5.74, 6) is 1.75. The monoisotopic (exact) mass is 522 g/mol. The summed E-state index contributed by atoms with van der Waals surface area (Å²) in [4.78, 5) is 20.8. The highest BCUT2D eigenvalue weighted by atomic mass is 127. The molecule has 9 heteroatoms. The molecular weight excluding hydrogens is 495 g/mol. The highest BCUT2D eigenvalue weighted by molar-refractivity contribution is 14.0. The molecule has 1 amide bonds. The third-order valence-electron chi connectivity index (χ3n) is 4.78. The minimum Gasteiger partial charge on any atom is -0.492 e. The molecule has 1 aromatic rings. The number of benzene rings is 1. The van der Waals surface area contributed by atoms with Crippen LogP contribution in [0.3, 0.4) is 0 Å². The number of nitrogens with zero attached hydrogens (tertiary/aromatic N) is 3. The average Bonchev–Trinajstić information content (AvgIpc) is 3.24. The summed E-state index contributed by atoms with van der Waals surface area (Å²) in [5.41, 5.74) is 0. The van der Waals surface area contributed by atoms with Crippen LogP contribution in [0.1, 0.15) is 12.8 Å². The molecule has 0 bridgehead atoms. The third kappa shape index (κ3) is 6.38. The molecule has 2 aliphatic heterocycles. The molecule has 2 aliphatic rings. The first kappa shape index (κ1) is 23.0. The molecule has 1 atom stereocenters. The standard InChI is InChI=1S/C19H27ClN4O3.HI/c1-21-19(22-8-14-26-16-6-4-15(20)5-7-16)24-11-9-23(10-12-24)18(25)17-3-2-13-27-17;/h4-7,17H,2-3,8-14H2,1H3,(H,21,22);1H. The highest BCUT2D eigenvalue weighted by Gasteiger charge is 2.30. The Bertz CT molecular complexity index is 645. The van der Waals surface area contributed by atoms with Gasteiger partial charge >= 0.3 is 0 Å². The van der Waals surface area contributed by atoms with Crippen LogP contribution in [0.5, 0.6) is 5.75 Å². The zero-order valence-corrected chi connectivity index (χ0v) is 19.2. The van der Waals surface area contributed by atoms with Gasteiger partial charge in [0.2, 0.25) is 0 Å². The molecule has 0 saturated carbocycles. The lowest BCUT2D eigenvalue weighted by Crippen LogP contribution is -2.55. The van der Waals surface area contributed by atoms with Gasteiger partial charge in [0.1, 0.15) is 18.5 Å². The Morgan fingerprint density at radius 2 is 1.93 bits per heavy atom. The van der Waals surface area contributed by atoms with Crippen molar-refractivity contribution in [2.24, 2.45) is 4.99 Å². The summed E-state index contributed by atoms with van der Waals surface area (Å²) in [5, 5.41) is 4.01. The Kier molecular flexibility index (Phi) is 9.60. The van der Waals surface area contributed by atoms with E-state index in [2.05, 4.69) is 15.2 Å². The molecule has 7 nitrogen and oxygen atoms in total. The van der Waals surface area contributed by atoms with E-state index in [0.29, 0.717) is 37.9 Å². The zero-order valence-electron chi connectivity index (χ0n) is 16.1. The maximum Gasteiger partial charge on any atom is 0.251 e. The molecule has 1 aromatic carbocycles. The number of halogens is 2. The lowest BCUT2D eigenvalue weighted by atomic mass is 10.2. The molecule has 0 radical (unpaired) electrons. The van der Waals surface area contributed by atoms with Crippen molar-refractivity contribution in [3.63, 3.8) is 0 Å². The number of rotatable bonds is 5. The Morgan fingerprint density at radius 1 is 1.25 bits per heavy atom. The number of carbonyl (C=O) groups is 1. The normalized spacial score (nSPS) is 19.9. The van der Waals surface area contributed by atoms with Gasteiger partial charge in [-0.2, -0.15) is 0 Å². The van der Waals surface area contributed by atoms with E-state index in [1.54, 1.807) is 19.2 Å². The largest absolute Gasteiger partial charge is 0.492 e. The van der Waals surface area contributed by atoms with Crippen molar-refractivity contribution in [1.29, 1.82) is 0 Å². The fourth-order valence-corrected chi connectivity index (χ4v) is 3.44. The van der Waals surface area contributed by atoms with E-state index in [1.807, 2.05) is 17.0 Å². The summed E-state index contributed by atoms with van der Waals surface area (Å²) in [6.07, 6.45) is 1.58. The van der Waals surface area contributed by atoms with Gasteiger partial charge in [0.05, 0.1) is 6.54 Å². The molecule has 156 valence electrons. The maximum absolute atomic E-state index is 12.4. The summed E-state index contributed by atoms with van der Waals surface area (Å²) in [7, 11) is 1.77. The molecule has 28 heavy (non-hydrogen) atoms. The Labute approximate surface area is 188 Å². The minimum absolute atomic E-state index is 0. The second-order valence-electron chi connectivity index (χ2n) is 6.59. The molecule has 1 N–H and O–H groups in total. The van der Waals surface area contributed by atoms with Gasteiger partial charge in [-0.05, 0) is 37.1 Å². The lowest BCUT2D eigenvalue weighted by molar-refractivity contribution is -0.142. The second-order valence-corrected chi connectivity index (χ2v) is 7.03. The number of guanidine groups is 1. The third-order valence-corrected chi connectivity index (χ3v) is 5.03. The second kappa shape index (κ2) is 11.7. The predicted octanol–water partition coefficient (Wildman–Crippen LogP) is 2.24. The van der Waals surface area contributed by atoms with Crippen LogP contribution in [0.2, 0.25) is 5.02 Å². The van der Waals surface area contributed by atoms with Crippen molar-refractivity contribution < 1.29 is 14.3 Å². The lowest BCUT2D eigenvalue weighted by Gasteiger charge is -2.37. The summed E-state index contributed by atoms with van der Waals surface area (Å²) in [6, 6.07) is 7.31. The van der Waals surface area contributed by atoms with Crippen LogP contribution in [0.25, 0.3) is 0 Å². The average molecular weight is 523 g/mol. The number of ether oxygens (including phenoxy) is 2. The van der Waals surface area contributed by atoms with Gasteiger partial charge in [-0.25, -0.2) is 0 Å². The van der Waals surface area contributed by atoms with Gasteiger partial charge in [0.25, 0.3) is 5.91 Å². The van der Waals surface area contributed by atoms with Crippen LogP contribution in [-0.4, -0.2) is 80.8 Å². The molecule has 2 saturated heterocycles. The topological polar surface area (TPSA) is 66.4 Å². The van der Waals surface area contributed by atoms with E-state index in [0.717, 1.165) is 37.6 Å². The van der Waals surface area contributed by atoms with E-state index >= 15 is 0 Å². The van der Waals surface area contributed by atoms with Crippen LogP contribution < -0.4 is 10.1 Å². The fourth-order valence-electron chi connectivity index (χ4n) is 3.31. The van der Waals surface area contributed by atoms with Gasteiger partial charge in [0.15, 0.2) is 5.96 Å². The minimum atomic E-state index is -0.237. The highest BCUT2D eigenvalue weighted by Crippen LogP contribution is 2.16. The van der Waals surface area contributed by atoms with Crippen molar-refractivity contribution in [2.45, 2.75) is 18.9 Å². The quantitative estimate of drug-likeness (QED) is 0.278. The van der Waals surface area contributed by atoms with Crippen LogP contribution in [0.4, 0.5) is 0 Å². The Balaban J connectivity index is 0.00000280. The summed E-state index contributed by atoms with van der Waals surface area (Å²) in [6.45, 7) is 4.78. The zero-order chi connectivity index (χ0) is 19.1. The van der Waals surface area contributed by atoms with Gasteiger partial charge in [-0.1, -0.05) is 11.6 Å². The first-order valence-electron chi connectivity index (χ1n) is 9.42. The summed E-state index contributed by atoms with van der Waals surface area (Å²) < 4.78 is 11.2. The van der Waals surface area contributed by atoms with Gasteiger partial charge < -0.3 is 24.6 Å². The smallest absolute Gasteiger partial charge is 0.251 e. The van der Waals surface area contributed by atoms with E-state index in [-0.39, 0.29) is 36.0 Å². The van der Waals surface area contributed by atoms with Crippen molar-refractivity contribution in [3.05, 3.63) is 29.3 Å². The number of carbonyl (C=O) groups excluding carboxylic acids is 1. The number of amides is 1. The number of nitrogens with one attached hydrogen (secondary N) is 1. The van der Waals surface area contributed by atoms with Gasteiger partial charge in [0, 0.05) is 44.9 Å². The van der Waals surface area contributed by atoms with E-state index < -0.39 is 0 Å². The van der Waals surface area contributed by atoms with Crippen LogP contribution >= 0.6 is 35.6 Å². The molecular formula is C19H28ClIN4O3. The number of hydrogen-bond donors (Lipinski definition) is 1. The SMILES string of the molecule is CN=C(NCCOc1ccc(Cl)cc1)N1CCN(C(=O)C2CCCO2)CC1.I. The molecule has 0 aliphatic carbocycles. The van der Waals surface area contributed by atoms with Crippen LogP contribution in [0, 0.1) is 0 Å². The van der Waals surface area contributed by atoms with Crippen molar-refractivity contribution >= 4 is 47.4 Å². The summed E-state index contributed by atoms with van der Waals surface area (Å²) >= 11 is 5.87. The predicted molar refractivity (Wildman–Crippen MR) is 121 cm³/mol. The van der Waals surface area contributed by atoms with Gasteiger partial charge in [-0.15, -0.1) is 24.0 Å². The van der Waals surface area contributed by atoms with Crippen molar-refractivity contribution in [2.75, 3.05) is 53.0 Å². The first-order chi connectivity index (χ1) is 13.2. The van der Waals surface area contributed by atoms with E-state index in [9.17, 15) is 4.79 Å². The number of hydrogen-bond acceptors (Lipinski definition) is 4. The molecule has 2 heterocycles. The molecule has 2 fully saturated rings. The fraction of sp³-hybridized carbons (Fsp3) is 0.579.